The molecule has 0 heterocycles. The standard InChI is InChI=1S/C16H23F2N/c1-2-10-19-14(9-8-12-6-7-12)11-13-4-3-5-15(17)16(13)18/h3-5,12,14,19H,2,6-11H2,1H3. The molecule has 1 aromatic carbocycles. The third-order valence-corrected chi connectivity index (χ3v) is 3.80. The lowest BCUT2D eigenvalue weighted by molar-refractivity contribution is 0.436. The van der Waals surface area contributed by atoms with Crippen molar-refractivity contribution in [3.63, 3.8) is 0 Å². The van der Waals surface area contributed by atoms with Gasteiger partial charge >= 0.3 is 0 Å². The van der Waals surface area contributed by atoms with Gasteiger partial charge in [0.2, 0.25) is 0 Å². The number of rotatable bonds is 8. The van der Waals surface area contributed by atoms with Crippen LogP contribution in [-0.2, 0) is 6.42 Å². The number of nitrogens with one attached hydrogen (secondary N) is 1. The maximum atomic E-state index is 13.7. The molecule has 1 nitrogen and oxygen atoms in total. The molecule has 19 heavy (non-hydrogen) atoms. The van der Waals surface area contributed by atoms with Crippen molar-refractivity contribution in [3.8, 4) is 0 Å². The molecular weight excluding hydrogens is 244 g/mol. The molecule has 1 aliphatic carbocycles. The second kappa shape index (κ2) is 6.99. The minimum absolute atomic E-state index is 0.261. The summed E-state index contributed by atoms with van der Waals surface area (Å²) >= 11 is 0. The second-order valence-electron chi connectivity index (χ2n) is 5.59. The van der Waals surface area contributed by atoms with E-state index in [1.165, 1.54) is 25.3 Å². The highest BCUT2D eigenvalue weighted by atomic mass is 19.2. The zero-order valence-corrected chi connectivity index (χ0v) is 11.6. The quantitative estimate of drug-likeness (QED) is 0.748. The molecule has 1 unspecified atom stereocenters. The molecule has 0 spiro atoms. The van der Waals surface area contributed by atoms with E-state index >= 15 is 0 Å². The zero-order valence-electron chi connectivity index (χ0n) is 11.6. The first-order valence-electron chi connectivity index (χ1n) is 7.37. The Morgan fingerprint density at radius 2 is 2.11 bits per heavy atom. The van der Waals surface area contributed by atoms with Gasteiger partial charge in [0.05, 0.1) is 0 Å². The van der Waals surface area contributed by atoms with Gasteiger partial charge in [-0.05, 0) is 49.8 Å². The van der Waals surface area contributed by atoms with Gasteiger partial charge in [-0.15, -0.1) is 0 Å². The van der Waals surface area contributed by atoms with Crippen LogP contribution in [0.25, 0.3) is 0 Å². The average molecular weight is 267 g/mol. The highest BCUT2D eigenvalue weighted by molar-refractivity contribution is 5.20. The SMILES string of the molecule is CCCNC(CCC1CC1)Cc1cccc(F)c1F. The van der Waals surface area contributed by atoms with Crippen molar-refractivity contribution in [2.45, 2.75) is 51.5 Å². The fourth-order valence-electron chi connectivity index (χ4n) is 2.44. The van der Waals surface area contributed by atoms with Crippen molar-refractivity contribution in [1.82, 2.24) is 5.32 Å². The Hall–Kier alpha value is -0.960. The number of halogens is 2. The van der Waals surface area contributed by atoms with E-state index in [2.05, 4.69) is 12.2 Å². The molecule has 1 atom stereocenters. The summed E-state index contributed by atoms with van der Waals surface area (Å²) in [6.07, 6.45) is 6.59. The summed E-state index contributed by atoms with van der Waals surface area (Å²) in [5.74, 6) is -0.547. The second-order valence-corrected chi connectivity index (χ2v) is 5.59. The highest BCUT2D eigenvalue weighted by Gasteiger charge is 2.23. The lowest BCUT2D eigenvalue weighted by Crippen LogP contribution is -2.32. The number of benzene rings is 1. The number of hydrogen-bond donors (Lipinski definition) is 1. The predicted molar refractivity (Wildman–Crippen MR) is 74.1 cm³/mol. The molecule has 1 N–H and O–H groups in total. The van der Waals surface area contributed by atoms with Gasteiger partial charge in [0.15, 0.2) is 11.6 Å². The van der Waals surface area contributed by atoms with Crippen molar-refractivity contribution >= 4 is 0 Å². The monoisotopic (exact) mass is 267 g/mol. The molecule has 106 valence electrons. The van der Waals surface area contributed by atoms with Crippen LogP contribution in [0, 0.1) is 17.6 Å². The van der Waals surface area contributed by atoms with Crippen LogP contribution in [0.4, 0.5) is 8.78 Å². The maximum absolute atomic E-state index is 13.7. The molecule has 0 bridgehead atoms. The molecule has 1 aromatic rings. The minimum atomic E-state index is -0.742. The van der Waals surface area contributed by atoms with Crippen LogP contribution in [-0.4, -0.2) is 12.6 Å². The van der Waals surface area contributed by atoms with Crippen LogP contribution in [0.15, 0.2) is 18.2 Å². The van der Waals surface area contributed by atoms with Crippen molar-refractivity contribution < 1.29 is 8.78 Å². The van der Waals surface area contributed by atoms with Gasteiger partial charge in [-0.2, -0.15) is 0 Å². The van der Waals surface area contributed by atoms with Gasteiger partial charge in [0, 0.05) is 6.04 Å². The molecule has 1 saturated carbocycles. The molecule has 0 aliphatic heterocycles. The topological polar surface area (TPSA) is 12.0 Å². The summed E-state index contributed by atoms with van der Waals surface area (Å²) in [5.41, 5.74) is 0.490. The van der Waals surface area contributed by atoms with E-state index in [1.807, 2.05) is 0 Å². The van der Waals surface area contributed by atoms with Crippen LogP contribution in [0.5, 0.6) is 0 Å². The predicted octanol–water partition coefficient (Wildman–Crippen LogP) is 4.07. The van der Waals surface area contributed by atoms with Gasteiger partial charge < -0.3 is 5.32 Å². The largest absolute Gasteiger partial charge is 0.314 e. The molecule has 0 saturated heterocycles. The third kappa shape index (κ3) is 4.57. The summed E-state index contributed by atoms with van der Waals surface area (Å²) in [7, 11) is 0. The fourth-order valence-corrected chi connectivity index (χ4v) is 2.44. The summed E-state index contributed by atoms with van der Waals surface area (Å²) in [6, 6.07) is 4.72. The van der Waals surface area contributed by atoms with E-state index in [4.69, 9.17) is 0 Å². The first-order chi connectivity index (χ1) is 9.20. The number of hydrogen-bond acceptors (Lipinski definition) is 1. The summed E-state index contributed by atoms with van der Waals surface area (Å²) in [6.45, 7) is 3.06. The van der Waals surface area contributed by atoms with E-state index in [9.17, 15) is 8.78 Å². The molecule has 0 radical (unpaired) electrons. The first-order valence-corrected chi connectivity index (χ1v) is 7.37. The van der Waals surface area contributed by atoms with Gasteiger partial charge in [0.1, 0.15) is 0 Å². The first kappa shape index (κ1) is 14.4. The normalized spacial score (nSPS) is 16.6. The summed E-state index contributed by atoms with van der Waals surface area (Å²) in [5, 5.41) is 3.46. The van der Waals surface area contributed by atoms with Crippen LogP contribution in [0.1, 0.15) is 44.6 Å². The van der Waals surface area contributed by atoms with E-state index < -0.39 is 11.6 Å². The highest BCUT2D eigenvalue weighted by Crippen LogP contribution is 2.34. The van der Waals surface area contributed by atoms with Crippen molar-refractivity contribution in [3.05, 3.63) is 35.4 Å². The summed E-state index contributed by atoms with van der Waals surface area (Å²) < 4.78 is 26.9. The fraction of sp³-hybridized carbons (Fsp3) is 0.625. The molecular formula is C16H23F2N. The Morgan fingerprint density at radius 3 is 2.79 bits per heavy atom. The van der Waals surface area contributed by atoms with Gasteiger partial charge in [-0.3, -0.25) is 0 Å². The van der Waals surface area contributed by atoms with E-state index in [-0.39, 0.29) is 6.04 Å². The average Bonchev–Trinajstić information content (AvgIpc) is 3.22. The lowest BCUT2D eigenvalue weighted by Gasteiger charge is -2.19. The Balaban J connectivity index is 1.94. The Kier molecular flexibility index (Phi) is 5.32. The molecule has 1 aliphatic rings. The van der Waals surface area contributed by atoms with Crippen molar-refractivity contribution in [1.29, 1.82) is 0 Å². The van der Waals surface area contributed by atoms with Gasteiger partial charge in [-0.1, -0.05) is 31.9 Å². The van der Waals surface area contributed by atoms with Crippen LogP contribution >= 0.6 is 0 Å². The minimum Gasteiger partial charge on any atom is -0.314 e. The zero-order chi connectivity index (χ0) is 13.7. The van der Waals surface area contributed by atoms with E-state index in [1.54, 1.807) is 12.1 Å². The van der Waals surface area contributed by atoms with E-state index in [0.717, 1.165) is 25.3 Å². The summed E-state index contributed by atoms with van der Waals surface area (Å²) in [4.78, 5) is 0. The lowest BCUT2D eigenvalue weighted by atomic mass is 9.99. The molecule has 1 fully saturated rings. The van der Waals surface area contributed by atoms with E-state index in [0.29, 0.717) is 12.0 Å². The molecule has 0 aromatic heterocycles. The van der Waals surface area contributed by atoms with Crippen LogP contribution in [0.2, 0.25) is 0 Å². The molecule has 0 amide bonds. The Morgan fingerprint density at radius 1 is 1.32 bits per heavy atom. The van der Waals surface area contributed by atoms with Crippen molar-refractivity contribution in [2.75, 3.05) is 6.54 Å². The maximum Gasteiger partial charge on any atom is 0.162 e. The smallest absolute Gasteiger partial charge is 0.162 e. The Labute approximate surface area is 114 Å². The Bertz CT molecular complexity index is 402. The third-order valence-electron chi connectivity index (χ3n) is 3.80. The molecule has 3 heteroatoms. The van der Waals surface area contributed by atoms with Crippen molar-refractivity contribution in [2.24, 2.45) is 5.92 Å². The van der Waals surface area contributed by atoms with Gasteiger partial charge in [-0.25, -0.2) is 8.78 Å². The van der Waals surface area contributed by atoms with Crippen LogP contribution < -0.4 is 5.32 Å². The van der Waals surface area contributed by atoms with Gasteiger partial charge in [0.25, 0.3) is 0 Å². The van der Waals surface area contributed by atoms with Crippen LogP contribution in [0.3, 0.4) is 0 Å². The molecule has 2 rings (SSSR count).